The number of nitrogens with zero attached hydrogens (tertiary/aromatic N) is 2. The third kappa shape index (κ3) is 7.50. The first kappa shape index (κ1) is 33.5. The summed E-state index contributed by atoms with van der Waals surface area (Å²) in [5, 5.41) is 14.1. The number of piperazine rings is 1. The number of fused-ring (bicyclic) bond motifs is 2. The standard InChI is InChI=1S/C37H42ClN3O7/c1-23-17-32(38)34(18-24(23)2)48-16-15-47-28-11-7-25(8-12-28)31-19-27-21-39-22-33(41(27)37(43)44)35(31)36(42)40(26-9-10-26)13-14-46-30-6-4-5-29(20-30)45-3/h4-8,11-12,17-18,20,26-27,33,39H,9-10,13-16,19,21-22H2,1-3H3,(H,43,44)/t27-,33-/m1/s1. The van der Waals surface area contributed by atoms with Crippen LogP contribution in [0, 0.1) is 13.8 Å². The summed E-state index contributed by atoms with van der Waals surface area (Å²) in [5.74, 6) is 2.51. The second kappa shape index (κ2) is 14.8. The van der Waals surface area contributed by atoms with Crippen LogP contribution in [0.2, 0.25) is 5.02 Å². The molecule has 0 radical (unpaired) electrons. The van der Waals surface area contributed by atoms with Crippen molar-refractivity contribution in [2.24, 2.45) is 0 Å². The summed E-state index contributed by atoms with van der Waals surface area (Å²) in [7, 11) is 1.60. The van der Waals surface area contributed by atoms with Crippen LogP contribution < -0.4 is 24.3 Å². The highest BCUT2D eigenvalue weighted by atomic mass is 35.5. The van der Waals surface area contributed by atoms with Gasteiger partial charge in [0.05, 0.1) is 30.8 Å². The molecule has 2 heterocycles. The van der Waals surface area contributed by atoms with Crippen molar-refractivity contribution in [1.29, 1.82) is 0 Å². The summed E-state index contributed by atoms with van der Waals surface area (Å²) in [5.41, 5.74) is 4.51. The molecule has 0 aromatic heterocycles. The van der Waals surface area contributed by atoms with Crippen LogP contribution in [0.15, 0.2) is 66.2 Å². The fourth-order valence-electron chi connectivity index (χ4n) is 6.50. The van der Waals surface area contributed by atoms with Gasteiger partial charge in [0, 0.05) is 30.8 Å². The third-order valence-corrected chi connectivity index (χ3v) is 9.54. The van der Waals surface area contributed by atoms with Crippen molar-refractivity contribution in [3.63, 3.8) is 0 Å². The number of halogens is 1. The van der Waals surface area contributed by atoms with E-state index in [9.17, 15) is 14.7 Å². The zero-order valence-corrected chi connectivity index (χ0v) is 28.3. The van der Waals surface area contributed by atoms with E-state index in [2.05, 4.69) is 5.32 Å². The molecule has 6 rings (SSSR count). The number of carbonyl (C=O) groups is 2. The summed E-state index contributed by atoms with van der Waals surface area (Å²) >= 11 is 6.34. The maximum Gasteiger partial charge on any atom is 0.408 e. The largest absolute Gasteiger partial charge is 0.497 e. The minimum Gasteiger partial charge on any atom is -0.497 e. The molecule has 0 unspecified atom stereocenters. The maximum absolute atomic E-state index is 14.5. The van der Waals surface area contributed by atoms with Crippen LogP contribution in [0.1, 0.15) is 36.0 Å². The molecule has 3 aromatic carbocycles. The zero-order valence-electron chi connectivity index (χ0n) is 27.5. The topological polar surface area (TPSA) is 110 Å². The van der Waals surface area contributed by atoms with Crippen molar-refractivity contribution >= 4 is 29.2 Å². The molecule has 3 aliphatic rings. The SMILES string of the molecule is COc1cccc(OCCN(C(=O)C2=C(c3ccc(OCCOc4cc(C)c(C)cc4Cl)cc3)C[C@@H]3CNC[C@H]2N3C(=O)O)C2CC2)c1. The number of aryl methyl sites for hydroxylation is 2. The minimum absolute atomic E-state index is 0.101. The molecule has 1 saturated carbocycles. The van der Waals surface area contributed by atoms with Crippen molar-refractivity contribution in [3.8, 4) is 23.0 Å². The summed E-state index contributed by atoms with van der Waals surface area (Å²) < 4.78 is 23.1. The van der Waals surface area contributed by atoms with Gasteiger partial charge in [-0.15, -0.1) is 0 Å². The molecule has 11 heteroatoms. The Morgan fingerprint density at radius 2 is 1.62 bits per heavy atom. The van der Waals surface area contributed by atoms with Gasteiger partial charge >= 0.3 is 6.09 Å². The lowest BCUT2D eigenvalue weighted by molar-refractivity contribution is -0.129. The van der Waals surface area contributed by atoms with Crippen molar-refractivity contribution in [2.75, 3.05) is 46.6 Å². The zero-order chi connectivity index (χ0) is 33.8. The second-order valence-electron chi connectivity index (χ2n) is 12.5. The van der Waals surface area contributed by atoms with Crippen LogP contribution in [0.3, 0.4) is 0 Å². The number of nitrogens with one attached hydrogen (secondary N) is 1. The molecule has 0 spiro atoms. The van der Waals surface area contributed by atoms with Gasteiger partial charge in [0.15, 0.2) is 0 Å². The summed E-state index contributed by atoms with van der Waals surface area (Å²) in [4.78, 5) is 30.3. The van der Waals surface area contributed by atoms with Gasteiger partial charge in [-0.05, 0) is 91.8 Å². The Bertz CT molecular complexity index is 1670. The van der Waals surface area contributed by atoms with Crippen molar-refractivity contribution in [3.05, 3.63) is 87.9 Å². The predicted molar refractivity (Wildman–Crippen MR) is 183 cm³/mol. The van der Waals surface area contributed by atoms with Crippen LogP contribution in [0.25, 0.3) is 5.57 Å². The molecule has 2 N–H and O–H groups in total. The van der Waals surface area contributed by atoms with Crippen LogP contribution in [-0.4, -0.2) is 91.6 Å². The average molecular weight is 676 g/mol. The fourth-order valence-corrected chi connectivity index (χ4v) is 6.78. The Kier molecular flexibility index (Phi) is 10.3. The van der Waals surface area contributed by atoms with Gasteiger partial charge in [0.25, 0.3) is 5.91 Å². The van der Waals surface area contributed by atoms with Gasteiger partial charge < -0.3 is 34.3 Å². The Labute approximate surface area is 286 Å². The molecule has 2 amide bonds. The first-order chi connectivity index (χ1) is 23.2. The minimum atomic E-state index is -1.01. The van der Waals surface area contributed by atoms with Crippen LogP contribution >= 0.6 is 11.6 Å². The molecule has 1 saturated heterocycles. The number of amides is 2. The van der Waals surface area contributed by atoms with E-state index in [4.69, 9.17) is 30.5 Å². The monoisotopic (exact) mass is 675 g/mol. The smallest absolute Gasteiger partial charge is 0.408 e. The maximum atomic E-state index is 14.5. The number of ether oxygens (including phenoxy) is 4. The van der Waals surface area contributed by atoms with Gasteiger partial charge in [-0.3, -0.25) is 9.69 Å². The molecule has 48 heavy (non-hydrogen) atoms. The lowest BCUT2D eigenvalue weighted by Gasteiger charge is -2.47. The number of benzene rings is 3. The number of rotatable bonds is 13. The highest BCUT2D eigenvalue weighted by Crippen LogP contribution is 2.39. The fraction of sp³-hybridized carbons (Fsp3) is 0.405. The lowest BCUT2D eigenvalue weighted by Crippen LogP contribution is -2.63. The van der Waals surface area contributed by atoms with Gasteiger partial charge in [-0.25, -0.2) is 4.79 Å². The number of carbonyl (C=O) groups excluding carboxylic acids is 1. The van der Waals surface area contributed by atoms with Crippen LogP contribution in [-0.2, 0) is 4.79 Å². The van der Waals surface area contributed by atoms with E-state index in [0.29, 0.717) is 79.5 Å². The van der Waals surface area contributed by atoms with Crippen molar-refractivity contribution < 1.29 is 33.6 Å². The normalized spacial score (nSPS) is 18.7. The van der Waals surface area contributed by atoms with Crippen LogP contribution in [0.5, 0.6) is 23.0 Å². The summed E-state index contributed by atoms with van der Waals surface area (Å²) in [6, 6.07) is 18.1. The number of hydrogen-bond donors (Lipinski definition) is 2. The third-order valence-electron chi connectivity index (χ3n) is 9.25. The van der Waals surface area contributed by atoms with E-state index in [-0.39, 0.29) is 18.0 Å². The second-order valence-corrected chi connectivity index (χ2v) is 12.9. The molecule has 2 fully saturated rings. The van der Waals surface area contributed by atoms with Gasteiger partial charge in [0.1, 0.15) is 42.8 Å². The molecule has 2 bridgehead atoms. The van der Waals surface area contributed by atoms with Crippen LogP contribution in [0.4, 0.5) is 4.79 Å². The molecule has 1 aliphatic carbocycles. The number of methoxy groups -OCH3 is 1. The molecule has 3 aromatic rings. The van der Waals surface area contributed by atoms with E-state index in [1.807, 2.05) is 79.4 Å². The molecule has 2 atom stereocenters. The van der Waals surface area contributed by atoms with Gasteiger partial charge in [0.2, 0.25) is 0 Å². The Hall–Kier alpha value is -4.41. The molecule has 2 aliphatic heterocycles. The molecule has 254 valence electrons. The van der Waals surface area contributed by atoms with Crippen molar-refractivity contribution in [2.45, 2.75) is 51.2 Å². The Balaban J connectivity index is 1.19. The lowest BCUT2D eigenvalue weighted by atomic mass is 9.82. The predicted octanol–water partition coefficient (Wildman–Crippen LogP) is 5.97. The molecular weight excluding hydrogens is 634 g/mol. The Morgan fingerprint density at radius 1 is 0.917 bits per heavy atom. The van der Waals surface area contributed by atoms with E-state index in [0.717, 1.165) is 35.1 Å². The molecular formula is C37H42ClN3O7. The average Bonchev–Trinajstić information content (AvgIpc) is 3.92. The quantitative estimate of drug-likeness (QED) is 0.213. The summed E-state index contributed by atoms with van der Waals surface area (Å²) in [6.45, 7) is 6.27. The van der Waals surface area contributed by atoms with E-state index in [1.54, 1.807) is 7.11 Å². The first-order valence-electron chi connectivity index (χ1n) is 16.4. The summed E-state index contributed by atoms with van der Waals surface area (Å²) in [6.07, 6.45) is 1.24. The van der Waals surface area contributed by atoms with E-state index < -0.39 is 12.1 Å². The van der Waals surface area contributed by atoms with E-state index in [1.165, 1.54) is 4.90 Å². The van der Waals surface area contributed by atoms with Gasteiger partial charge in [-0.2, -0.15) is 0 Å². The van der Waals surface area contributed by atoms with Gasteiger partial charge in [-0.1, -0.05) is 29.8 Å². The first-order valence-corrected chi connectivity index (χ1v) is 16.8. The Morgan fingerprint density at radius 3 is 2.35 bits per heavy atom. The van der Waals surface area contributed by atoms with E-state index >= 15 is 0 Å². The molecule has 10 nitrogen and oxygen atoms in total. The highest BCUT2D eigenvalue weighted by Gasteiger charge is 2.46. The number of carboxylic acid groups (broad SMARTS) is 1. The highest BCUT2D eigenvalue weighted by molar-refractivity contribution is 6.32. The number of hydrogen-bond acceptors (Lipinski definition) is 7. The van der Waals surface area contributed by atoms with Crippen molar-refractivity contribution in [1.82, 2.24) is 15.1 Å².